The van der Waals surface area contributed by atoms with Crippen LogP contribution in [0.4, 0.5) is 5.69 Å². The van der Waals surface area contributed by atoms with Crippen molar-refractivity contribution in [1.29, 1.82) is 0 Å². The van der Waals surface area contributed by atoms with Gasteiger partial charge in [0.25, 0.3) is 0 Å². The van der Waals surface area contributed by atoms with Crippen molar-refractivity contribution in [2.75, 3.05) is 5.32 Å². The molecule has 2 N–H and O–H groups in total. The average Bonchev–Trinajstić information content (AvgIpc) is 2.39. The van der Waals surface area contributed by atoms with Crippen molar-refractivity contribution in [1.82, 2.24) is 4.98 Å². The van der Waals surface area contributed by atoms with Crippen molar-refractivity contribution >= 4 is 11.6 Å². The summed E-state index contributed by atoms with van der Waals surface area (Å²) < 4.78 is 0. The van der Waals surface area contributed by atoms with Gasteiger partial charge < -0.3 is 10.4 Å². The highest BCUT2D eigenvalue weighted by atomic mass is 16.3. The van der Waals surface area contributed by atoms with Gasteiger partial charge in [-0.2, -0.15) is 0 Å². The maximum atomic E-state index is 11.5. The normalized spacial score (nSPS) is 13.9. The minimum Gasteiger partial charge on any atom is -0.507 e. The molecule has 0 atom stereocenters. The standard InChI is InChI=1S/C14H12N2O2/c17-11-5-3-9-4-6-12(18)16-14(9)13(11)10-2-1-7-15-8-10/h1-3,5,7-8,17H,4,6H2,(H,16,18). The molecule has 1 aromatic carbocycles. The van der Waals surface area contributed by atoms with E-state index in [1.807, 2.05) is 12.1 Å². The van der Waals surface area contributed by atoms with Gasteiger partial charge in [-0.1, -0.05) is 12.1 Å². The van der Waals surface area contributed by atoms with Crippen LogP contribution in [0.25, 0.3) is 11.1 Å². The number of hydrogen-bond acceptors (Lipinski definition) is 3. The van der Waals surface area contributed by atoms with Crippen LogP contribution in [0.3, 0.4) is 0 Å². The summed E-state index contributed by atoms with van der Waals surface area (Å²) in [4.78, 5) is 15.6. The number of carbonyl (C=O) groups is 1. The molecule has 1 aromatic heterocycles. The fourth-order valence-corrected chi connectivity index (χ4v) is 2.24. The Hall–Kier alpha value is -2.36. The van der Waals surface area contributed by atoms with Crippen LogP contribution in [-0.4, -0.2) is 16.0 Å². The molecule has 0 aliphatic carbocycles. The Morgan fingerprint density at radius 2 is 2.11 bits per heavy atom. The third-order valence-corrected chi connectivity index (χ3v) is 3.11. The molecular weight excluding hydrogens is 228 g/mol. The van der Waals surface area contributed by atoms with Crippen LogP contribution in [0.5, 0.6) is 5.75 Å². The van der Waals surface area contributed by atoms with Gasteiger partial charge in [-0.25, -0.2) is 0 Å². The molecule has 1 aliphatic heterocycles. The van der Waals surface area contributed by atoms with Crippen LogP contribution < -0.4 is 5.32 Å². The highest BCUT2D eigenvalue weighted by molar-refractivity contribution is 6.00. The van der Waals surface area contributed by atoms with Crippen LogP contribution in [0.15, 0.2) is 36.7 Å². The lowest BCUT2D eigenvalue weighted by molar-refractivity contribution is -0.116. The number of nitrogens with one attached hydrogen (secondary N) is 1. The predicted octanol–water partition coefficient (Wildman–Crippen LogP) is 2.34. The number of pyridine rings is 1. The van der Waals surface area contributed by atoms with Crippen LogP contribution in [0, 0.1) is 0 Å². The predicted molar refractivity (Wildman–Crippen MR) is 68.3 cm³/mol. The summed E-state index contributed by atoms with van der Waals surface area (Å²) in [6.07, 6.45) is 4.55. The van der Waals surface area contributed by atoms with E-state index >= 15 is 0 Å². The number of phenols is 1. The van der Waals surface area contributed by atoms with E-state index in [2.05, 4.69) is 10.3 Å². The molecule has 18 heavy (non-hydrogen) atoms. The molecule has 0 saturated heterocycles. The molecule has 4 heteroatoms. The first-order valence-electron chi connectivity index (χ1n) is 5.81. The first-order valence-corrected chi connectivity index (χ1v) is 5.81. The van der Waals surface area contributed by atoms with Crippen molar-refractivity contribution in [3.63, 3.8) is 0 Å². The Labute approximate surface area is 104 Å². The largest absolute Gasteiger partial charge is 0.507 e. The quantitative estimate of drug-likeness (QED) is 0.804. The van der Waals surface area contributed by atoms with E-state index in [1.54, 1.807) is 24.5 Å². The lowest BCUT2D eigenvalue weighted by atomic mass is 9.95. The second-order valence-corrected chi connectivity index (χ2v) is 4.28. The molecule has 1 amide bonds. The van der Waals surface area contributed by atoms with E-state index in [-0.39, 0.29) is 11.7 Å². The number of carbonyl (C=O) groups excluding carboxylic acids is 1. The first-order chi connectivity index (χ1) is 8.75. The number of fused-ring (bicyclic) bond motifs is 1. The van der Waals surface area contributed by atoms with E-state index in [0.29, 0.717) is 24.1 Å². The molecule has 0 radical (unpaired) electrons. The highest BCUT2D eigenvalue weighted by Crippen LogP contribution is 2.40. The van der Waals surface area contributed by atoms with E-state index < -0.39 is 0 Å². The third-order valence-electron chi connectivity index (χ3n) is 3.11. The fourth-order valence-electron chi connectivity index (χ4n) is 2.24. The smallest absolute Gasteiger partial charge is 0.224 e. The van der Waals surface area contributed by atoms with Crippen molar-refractivity contribution < 1.29 is 9.90 Å². The second-order valence-electron chi connectivity index (χ2n) is 4.28. The van der Waals surface area contributed by atoms with E-state index in [9.17, 15) is 9.90 Å². The molecule has 2 heterocycles. The molecular formula is C14H12N2O2. The van der Waals surface area contributed by atoms with Gasteiger partial charge in [-0.15, -0.1) is 0 Å². The second kappa shape index (κ2) is 4.14. The van der Waals surface area contributed by atoms with Crippen LogP contribution >= 0.6 is 0 Å². The van der Waals surface area contributed by atoms with Gasteiger partial charge in [0, 0.05) is 29.9 Å². The van der Waals surface area contributed by atoms with Crippen LogP contribution in [0.1, 0.15) is 12.0 Å². The lowest BCUT2D eigenvalue weighted by Gasteiger charge is -2.21. The molecule has 0 bridgehead atoms. The zero-order valence-electron chi connectivity index (χ0n) is 9.68. The Morgan fingerprint density at radius 3 is 2.89 bits per heavy atom. The highest BCUT2D eigenvalue weighted by Gasteiger charge is 2.21. The minimum atomic E-state index is -0.0155. The topological polar surface area (TPSA) is 62.2 Å². The number of aromatic nitrogens is 1. The zero-order chi connectivity index (χ0) is 12.5. The number of aryl methyl sites for hydroxylation is 1. The molecule has 0 saturated carbocycles. The third kappa shape index (κ3) is 1.72. The average molecular weight is 240 g/mol. The molecule has 3 rings (SSSR count). The van der Waals surface area contributed by atoms with E-state index in [1.165, 1.54) is 0 Å². The number of rotatable bonds is 1. The Bertz CT molecular complexity index is 609. The van der Waals surface area contributed by atoms with E-state index in [0.717, 1.165) is 11.1 Å². The van der Waals surface area contributed by atoms with Crippen LogP contribution in [-0.2, 0) is 11.2 Å². The van der Waals surface area contributed by atoms with Crippen molar-refractivity contribution in [3.8, 4) is 16.9 Å². The number of hydrogen-bond donors (Lipinski definition) is 2. The summed E-state index contributed by atoms with van der Waals surface area (Å²) >= 11 is 0. The maximum absolute atomic E-state index is 11.5. The Kier molecular flexibility index (Phi) is 2.48. The van der Waals surface area contributed by atoms with Crippen molar-refractivity contribution in [3.05, 3.63) is 42.2 Å². The molecule has 90 valence electrons. The monoisotopic (exact) mass is 240 g/mol. The van der Waals surface area contributed by atoms with Crippen LogP contribution in [0.2, 0.25) is 0 Å². The van der Waals surface area contributed by atoms with Crippen molar-refractivity contribution in [2.45, 2.75) is 12.8 Å². The summed E-state index contributed by atoms with van der Waals surface area (Å²) in [5.41, 5.74) is 3.20. The Morgan fingerprint density at radius 1 is 1.22 bits per heavy atom. The number of anilines is 1. The summed E-state index contributed by atoms with van der Waals surface area (Å²) in [5.74, 6) is 0.141. The number of aromatic hydroxyl groups is 1. The number of nitrogens with zero attached hydrogens (tertiary/aromatic N) is 1. The molecule has 0 spiro atoms. The van der Waals surface area contributed by atoms with Gasteiger partial charge in [-0.3, -0.25) is 9.78 Å². The zero-order valence-corrected chi connectivity index (χ0v) is 9.68. The summed E-state index contributed by atoms with van der Waals surface area (Å²) in [5, 5.41) is 12.9. The van der Waals surface area contributed by atoms with Gasteiger partial charge in [0.05, 0.1) is 5.69 Å². The first kappa shape index (κ1) is 10.8. The number of phenolic OH excluding ortho intramolecular Hbond substituents is 1. The molecule has 4 nitrogen and oxygen atoms in total. The van der Waals surface area contributed by atoms with Gasteiger partial charge in [0.15, 0.2) is 0 Å². The van der Waals surface area contributed by atoms with E-state index in [4.69, 9.17) is 0 Å². The van der Waals surface area contributed by atoms with Gasteiger partial charge >= 0.3 is 0 Å². The fraction of sp³-hybridized carbons (Fsp3) is 0.143. The molecule has 2 aromatic rings. The summed E-state index contributed by atoms with van der Waals surface area (Å²) in [7, 11) is 0. The lowest BCUT2D eigenvalue weighted by Crippen LogP contribution is -2.19. The van der Waals surface area contributed by atoms with Gasteiger partial charge in [-0.05, 0) is 24.1 Å². The summed E-state index contributed by atoms with van der Waals surface area (Å²) in [6.45, 7) is 0. The maximum Gasteiger partial charge on any atom is 0.224 e. The Balaban J connectivity index is 2.22. The summed E-state index contributed by atoms with van der Waals surface area (Å²) in [6, 6.07) is 7.19. The SMILES string of the molecule is O=C1CCc2ccc(O)c(-c3cccnc3)c2N1. The minimum absolute atomic E-state index is 0.0155. The molecule has 1 aliphatic rings. The molecule has 0 fully saturated rings. The number of benzene rings is 1. The van der Waals surface area contributed by atoms with Gasteiger partial charge in [0.1, 0.15) is 5.75 Å². The molecule has 0 unspecified atom stereocenters. The number of amides is 1. The van der Waals surface area contributed by atoms with Crippen molar-refractivity contribution in [2.24, 2.45) is 0 Å². The van der Waals surface area contributed by atoms with Gasteiger partial charge in [0.2, 0.25) is 5.91 Å².